The Morgan fingerprint density at radius 3 is 2.43 bits per heavy atom. The van der Waals surface area contributed by atoms with Crippen LogP contribution in [0.5, 0.6) is 5.75 Å². The molecular weight excluding hydrogens is 270 g/mol. The van der Waals surface area contributed by atoms with E-state index in [0.29, 0.717) is 12.3 Å². The van der Waals surface area contributed by atoms with Gasteiger partial charge in [-0.2, -0.15) is 0 Å². The number of carboxylic acids is 1. The molecule has 0 spiro atoms. The molecule has 5 heteroatoms. The van der Waals surface area contributed by atoms with Crippen LogP contribution in [0.1, 0.15) is 31.2 Å². The Hall–Kier alpha value is -2.04. The number of carbonyl (C=O) groups is 2. The van der Waals surface area contributed by atoms with E-state index in [1.54, 1.807) is 17.0 Å². The van der Waals surface area contributed by atoms with Crippen LogP contribution in [0, 0.1) is 5.92 Å². The highest BCUT2D eigenvalue weighted by Gasteiger charge is 2.25. The molecule has 2 rings (SSSR count). The summed E-state index contributed by atoms with van der Waals surface area (Å²) in [7, 11) is 1.83. The van der Waals surface area contributed by atoms with Crippen LogP contribution in [0.3, 0.4) is 0 Å². The Balaban J connectivity index is 1.87. The molecular formula is C16H21NO4. The number of ether oxygens (including phenoxy) is 1. The third-order valence-corrected chi connectivity index (χ3v) is 3.79. The van der Waals surface area contributed by atoms with Crippen LogP contribution in [0.2, 0.25) is 0 Å². The van der Waals surface area contributed by atoms with Crippen molar-refractivity contribution in [1.29, 1.82) is 0 Å². The van der Waals surface area contributed by atoms with Gasteiger partial charge < -0.3 is 14.7 Å². The van der Waals surface area contributed by atoms with Crippen LogP contribution < -0.4 is 4.74 Å². The molecule has 5 nitrogen and oxygen atoms in total. The lowest BCUT2D eigenvalue weighted by atomic mass is 10.1. The van der Waals surface area contributed by atoms with Crippen LogP contribution in [0.4, 0.5) is 0 Å². The van der Waals surface area contributed by atoms with Crippen LogP contribution in [0.25, 0.3) is 0 Å². The molecule has 1 aliphatic carbocycles. The number of nitrogens with zero attached hydrogens (tertiary/aromatic N) is 1. The van der Waals surface area contributed by atoms with Gasteiger partial charge in [-0.15, -0.1) is 0 Å². The monoisotopic (exact) mass is 291 g/mol. The zero-order valence-corrected chi connectivity index (χ0v) is 12.2. The van der Waals surface area contributed by atoms with Crippen molar-refractivity contribution >= 4 is 11.9 Å². The van der Waals surface area contributed by atoms with E-state index < -0.39 is 5.97 Å². The van der Waals surface area contributed by atoms with Gasteiger partial charge in [0.2, 0.25) is 5.91 Å². The Bertz CT molecular complexity index is 492. The van der Waals surface area contributed by atoms with E-state index in [-0.39, 0.29) is 18.4 Å². The standard InChI is InChI=1S/C16H21NO4/c1-17(16(20)13-4-2-3-5-13)10-12-6-8-14(9-7-12)21-11-15(18)19/h6-9,13H,2-5,10-11H2,1H3,(H,18,19). The molecule has 0 heterocycles. The predicted molar refractivity (Wildman–Crippen MR) is 78.0 cm³/mol. The van der Waals surface area contributed by atoms with Gasteiger partial charge in [-0.25, -0.2) is 4.79 Å². The maximum atomic E-state index is 12.2. The summed E-state index contributed by atoms with van der Waals surface area (Å²) in [4.78, 5) is 24.4. The van der Waals surface area contributed by atoms with Gasteiger partial charge in [0.15, 0.2) is 6.61 Å². The number of hydrogen-bond acceptors (Lipinski definition) is 3. The second-order valence-corrected chi connectivity index (χ2v) is 5.50. The van der Waals surface area contributed by atoms with E-state index in [9.17, 15) is 9.59 Å². The first-order chi connectivity index (χ1) is 10.1. The molecule has 1 fully saturated rings. The van der Waals surface area contributed by atoms with E-state index >= 15 is 0 Å². The van der Waals surface area contributed by atoms with E-state index in [2.05, 4.69) is 0 Å². The molecule has 0 saturated heterocycles. The van der Waals surface area contributed by atoms with Crippen LogP contribution in [-0.2, 0) is 16.1 Å². The minimum atomic E-state index is -0.999. The molecule has 1 amide bonds. The SMILES string of the molecule is CN(Cc1ccc(OCC(=O)O)cc1)C(=O)C1CCCC1. The van der Waals surface area contributed by atoms with E-state index in [0.717, 1.165) is 31.2 Å². The van der Waals surface area contributed by atoms with Gasteiger partial charge in [0.25, 0.3) is 0 Å². The molecule has 1 saturated carbocycles. The summed E-state index contributed by atoms with van der Waals surface area (Å²) >= 11 is 0. The smallest absolute Gasteiger partial charge is 0.341 e. The predicted octanol–water partition coefficient (Wildman–Crippen LogP) is 2.30. The van der Waals surface area contributed by atoms with Gasteiger partial charge in [0.1, 0.15) is 5.75 Å². The molecule has 21 heavy (non-hydrogen) atoms. The fraction of sp³-hybridized carbons (Fsp3) is 0.500. The van der Waals surface area contributed by atoms with Crippen LogP contribution in [-0.4, -0.2) is 35.5 Å². The Morgan fingerprint density at radius 2 is 1.86 bits per heavy atom. The van der Waals surface area contributed by atoms with Crippen LogP contribution in [0.15, 0.2) is 24.3 Å². The van der Waals surface area contributed by atoms with Crippen molar-refractivity contribution in [3.8, 4) is 5.75 Å². The first kappa shape index (κ1) is 15.4. The highest BCUT2D eigenvalue weighted by Crippen LogP contribution is 2.26. The summed E-state index contributed by atoms with van der Waals surface area (Å²) in [5.41, 5.74) is 1.01. The second-order valence-electron chi connectivity index (χ2n) is 5.50. The molecule has 0 unspecified atom stereocenters. The molecule has 0 aromatic heterocycles. The largest absolute Gasteiger partial charge is 0.482 e. The van der Waals surface area contributed by atoms with Gasteiger partial charge in [-0.1, -0.05) is 25.0 Å². The number of rotatable bonds is 6. The fourth-order valence-electron chi connectivity index (χ4n) is 2.67. The zero-order valence-electron chi connectivity index (χ0n) is 12.2. The number of carboxylic acid groups (broad SMARTS) is 1. The molecule has 0 atom stereocenters. The van der Waals surface area contributed by atoms with Gasteiger partial charge in [0.05, 0.1) is 0 Å². The summed E-state index contributed by atoms with van der Waals surface area (Å²) in [6.07, 6.45) is 4.32. The summed E-state index contributed by atoms with van der Waals surface area (Å²) in [6, 6.07) is 7.17. The maximum Gasteiger partial charge on any atom is 0.341 e. The van der Waals surface area contributed by atoms with E-state index in [1.807, 2.05) is 19.2 Å². The topological polar surface area (TPSA) is 66.8 Å². The molecule has 0 aliphatic heterocycles. The fourth-order valence-corrected chi connectivity index (χ4v) is 2.67. The molecule has 1 aliphatic rings. The lowest BCUT2D eigenvalue weighted by Gasteiger charge is -2.21. The second kappa shape index (κ2) is 7.11. The molecule has 0 radical (unpaired) electrons. The summed E-state index contributed by atoms with van der Waals surface area (Å²) in [5, 5.41) is 8.54. The van der Waals surface area contributed by atoms with Crippen molar-refractivity contribution in [3.63, 3.8) is 0 Å². The Morgan fingerprint density at radius 1 is 1.24 bits per heavy atom. The molecule has 1 N–H and O–H groups in total. The third-order valence-electron chi connectivity index (χ3n) is 3.79. The minimum Gasteiger partial charge on any atom is -0.482 e. The number of benzene rings is 1. The van der Waals surface area contributed by atoms with Gasteiger partial charge in [-0.3, -0.25) is 4.79 Å². The first-order valence-corrected chi connectivity index (χ1v) is 7.25. The van der Waals surface area contributed by atoms with E-state index in [4.69, 9.17) is 9.84 Å². The minimum absolute atomic E-state index is 0.188. The average Bonchev–Trinajstić information content (AvgIpc) is 2.99. The molecule has 1 aromatic carbocycles. The lowest BCUT2D eigenvalue weighted by Crippen LogP contribution is -2.31. The molecule has 114 valence electrons. The molecule has 1 aromatic rings. The van der Waals surface area contributed by atoms with Crippen molar-refractivity contribution in [2.75, 3.05) is 13.7 Å². The Labute approximate surface area is 124 Å². The van der Waals surface area contributed by atoms with Crippen molar-refractivity contribution in [2.24, 2.45) is 5.92 Å². The van der Waals surface area contributed by atoms with Crippen molar-refractivity contribution in [2.45, 2.75) is 32.2 Å². The van der Waals surface area contributed by atoms with Gasteiger partial charge >= 0.3 is 5.97 Å². The third kappa shape index (κ3) is 4.48. The zero-order chi connectivity index (χ0) is 15.2. The first-order valence-electron chi connectivity index (χ1n) is 7.25. The summed E-state index contributed by atoms with van der Waals surface area (Å²) < 4.78 is 5.08. The van der Waals surface area contributed by atoms with Gasteiger partial charge in [-0.05, 0) is 30.5 Å². The lowest BCUT2D eigenvalue weighted by molar-refractivity contribution is -0.139. The summed E-state index contributed by atoms with van der Waals surface area (Å²) in [5.74, 6) is -0.0706. The normalized spacial score (nSPS) is 14.9. The van der Waals surface area contributed by atoms with Gasteiger partial charge in [0, 0.05) is 19.5 Å². The quantitative estimate of drug-likeness (QED) is 0.873. The summed E-state index contributed by atoms with van der Waals surface area (Å²) in [6.45, 7) is 0.216. The van der Waals surface area contributed by atoms with Crippen LogP contribution >= 0.6 is 0 Å². The number of carbonyl (C=O) groups excluding carboxylic acids is 1. The number of hydrogen-bond donors (Lipinski definition) is 1. The highest BCUT2D eigenvalue weighted by atomic mass is 16.5. The number of aliphatic carboxylic acids is 1. The number of amides is 1. The Kier molecular flexibility index (Phi) is 5.20. The highest BCUT2D eigenvalue weighted by molar-refractivity contribution is 5.78. The average molecular weight is 291 g/mol. The van der Waals surface area contributed by atoms with Crippen molar-refractivity contribution in [1.82, 2.24) is 4.90 Å². The van der Waals surface area contributed by atoms with Crippen molar-refractivity contribution in [3.05, 3.63) is 29.8 Å². The maximum absolute atomic E-state index is 12.2. The molecule has 0 bridgehead atoms. The van der Waals surface area contributed by atoms with Crippen molar-refractivity contribution < 1.29 is 19.4 Å². The van der Waals surface area contributed by atoms with E-state index in [1.165, 1.54) is 0 Å².